The first-order chi connectivity index (χ1) is 15.2. The number of hydrogen-bond acceptors (Lipinski definition) is 4. The first-order valence-electron chi connectivity index (χ1n) is 11.7. The lowest BCUT2D eigenvalue weighted by Gasteiger charge is -2.22. The van der Waals surface area contributed by atoms with Gasteiger partial charge in [-0.05, 0) is 12.8 Å². The molecule has 0 saturated carbocycles. The molecule has 3 N–H and O–H groups in total. The van der Waals surface area contributed by atoms with Crippen molar-refractivity contribution in [2.24, 2.45) is 0 Å². The number of aliphatic hydroxyl groups is 1. The van der Waals surface area contributed by atoms with E-state index in [1.807, 2.05) is 6.08 Å². The molecule has 0 bridgehead atoms. The molecule has 0 aliphatic heterocycles. The monoisotopic (exact) mass is 514 g/mol. The van der Waals surface area contributed by atoms with Crippen molar-refractivity contribution in [3.05, 3.63) is 12.2 Å². The Morgan fingerprint density at radius 3 is 2.00 bits per heavy atom. The highest BCUT2D eigenvalue weighted by atomic mass is 35.6. The van der Waals surface area contributed by atoms with Crippen molar-refractivity contribution in [2.45, 2.75) is 107 Å². The molecule has 2 amide bonds. The predicted molar refractivity (Wildman–Crippen MR) is 133 cm³/mol. The standard InChI is InChI=1S/C23H41Cl3N2O4/c1-3-4-5-6-7-8-9-10-11-12-13-14-15-16-21(30)20(28-19(2)29)17-27-22(31)32-18-23(24,25)26/h15-16,20-21,30H,3-14,17-18H2,1-2H3,(H,27,31)(H,28,29)/b16-15+/t20-,21+/m0/s1. The number of alkyl carbamates (subject to hydrolysis) is 1. The van der Waals surface area contributed by atoms with Crippen LogP contribution >= 0.6 is 34.8 Å². The fraction of sp³-hybridized carbons (Fsp3) is 0.826. The van der Waals surface area contributed by atoms with Crippen LogP contribution in [0.15, 0.2) is 12.2 Å². The van der Waals surface area contributed by atoms with Crippen molar-refractivity contribution in [2.75, 3.05) is 13.2 Å². The van der Waals surface area contributed by atoms with Gasteiger partial charge in [0.15, 0.2) is 0 Å². The minimum Gasteiger partial charge on any atom is -0.445 e. The number of hydrogen-bond donors (Lipinski definition) is 3. The number of nitrogens with one attached hydrogen (secondary N) is 2. The molecule has 0 rings (SSSR count). The third-order valence-corrected chi connectivity index (χ3v) is 5.27. The van der Waals surface area contributed by atoms with Gasteiger partial charge in [0.2, 0.25) is 9.70 Å². The average molecular weight is 516 g/mol. The summed E-state index contributed by atoms with van der Waals surface area (Å²) in [5, 5.41) is 15.4. The Morgan fingerprint density at radius 2 is 1.50 bits per heavy atom. The normalized spacial score (nSPS) is 13.7. The Kier molecular flexibility index (Phi) is 19.3. The Hall–Kier alpha value is -0.690. The molecule has 2 atom stereocenters. The number of amides is 2. The summed E-state index contributed by atoms with van der Waals surface area (Å²) < 4.78 is 3.06. The van der Waals surface area contributed by atoms with Crippen LogP contribution in [0.4, 0.5) is 4.79 Å². The number of allylic oxidation sites excluding steroid dienone is 1. The zero-order chi connectivity index (χ0) is 24.2. The topological polar surface area (TPSA) is 87.7 Å². The van der Waals surface area contributed by atoms with E-state index in [9.17, 15) is 14.7 Å². The molecule has 9 heteroatoms. The molecule has 0 aromatic heterocycles. The summed E-state index contributed by atoms with van der Waals surface area (Å²) in [6.07, 6.45) is 16.8. The van der Waals surface area contributed by atoms with Gasteiger partial charge in [-0.2, -0.15) is 0 Å². The van der Waals surface area contributed by atoms with Crippen molar-refractivity contribution in [1.29, 1.82) is 0 Å². The highest BCUT2D eigenvalue weighted by molar-refractivity contribution is 6.67. The number of ether oxygens (including phenoxy) is 1. The van der Waals surface area contributed by atoms with E-state index in [1.165, 1.54) is 71.1 Å². The molecule has 0 spiro atoms. The second kappa shape index (κ2) is 19.7. The van der Waals surface area contributed by atoms with Crippen molar-refractivity contribution in [1.82, 2.24) is 10.6 Å². The summed E-state index contributed by atoms with van der Waals surface area (Å²) in [5.74, 6) is -0.315. The number of alkyl halides is 3. The number of aliphatic hydroxyl groups excluding tert-OH is 1. The van der Waals surface area contributed by atoms with Crippen LogP contribution in [0.25, 0.3) is 0 Å². The molecule has 188 valence electrons. The lowest BCUT2D eigenvalue weighted by Crippen LogP contribution is -2.49. The summed E-state index contributed by atoms with van der Waals surface area (Å²) in [6, 6.07) is -0.693. The van der Waals surface area contributed by atoms with Gasteiger partial charge in [0, 0.05) is 13.5 Å². The van der Waals surface area contributed by atoms with Gasteiger partial charge in [-0.25, -0.2) is 4.79 Å². The number of halogens is 3. The number of carbonyl (C=O) groups is 2. The largest absolute Gasteiger partial charge is 0.445 e. The maximum atomic E-state index is 11.7. The van der Waals surface area contributed by atoms with Crippen molar-refractivity contribution in [3.63, 3.8) is 0 Å². The first-order valence-corrected chi connectivity index (χ1v) is 12.9. The smallest absolute Gasteiger partial charge is 0.407 e. The molecule has 0 radical (unpaired) electrons. The summed E-state index contributed by atoms with van der Waals surface area (Å²) in [4.78, 5) is 23.1. The van der Waals surface area contributed by atoms with Crippen LogP contribution in [0.2, 0.25) is 0 Å². The van der Waals surface area contributed by atoms with E-state index in [1.54, 1.807) is 6.08 Å². The van der Waals surface area contributed by atoms with Gasteiger partial charge in [-0.3, -0.25) is 4.79 Å². The number of carbonyl (C=O) groups excluding carboxylic acids is 2. The molecule has 0 aliphatic carbocycles. The van der Waals surface area contributed by atoms with E-state index >= 15 is 0 Å². The van der Waals surface area contributed by atoms with Crippen LogP contribution in [0.1, 0.15) is 90.9 Å². The van der Waals surface area contributed by atoms with Crippen LogP contribution in [-0.4, -0.2) is 46.2 Å². The molecule has 0 heterocycles. The minimum absolute atomic E-state index is 0.0256. The Bertz CT molecular complexity index is 528. The molecular weight excluding hydrogens is 475 g/mol. The predicted octanol–water partition coefficient (Wildman–Crippen LogP) is 6.21. The summed E-state index contributed by atoms with van der Waals surface area (Å²) in [5.41, 5.74) is 0. The molecule has 0 aromatic carbocycles. The van der Waals surface area contributed by atoms with E-state index < -0.39 is 28.6 Å². The lowest BCUT2D eigenvalue weighted by atomic mass is 10.0. The Morgan fingerprint density at radius 1 is 0.969 bits per heavy atom. The highest BCUT2D eigenvalue weighted by Crippen LogP contribution is 2.25. The summed E-state index contributed by atoms with van der Waals surface area (Å²) in [6.45, 7) is 3.15. The van der Waals surface area contributed by atoms with Crippen LogP contribution in [-0.2, 0) is 9.53 Å². The maximum Gasteiger partial charge on any atom is 0.407 e. The molecule has 0 fully saturated rings. The van der Waals surface area contributed by atoms with E-state index in [0.29, 0.717) is 0 Å². The molecule has 0 aromatic rings. The molecule has 0 aliphatic rings. The van der Waals surface area contributed by atoms with E-state index in [4.69, 9.17) is 39.5 Å². The molecule has 0 unspecified atom stereocenters. The molecule has 6 nitrogen and oxygen atoms in total. The van der Waals surface area contributed by atoms with Gasteiger partial charge in [0.05, 0.1) is 12.1 Å². The summed E-state index contributed by atoms with van der Waals surface area (Å²) >= 11 is 16.6. The van der Waals surface area contributed by atoms with Gasteiger partial charge in [-0.15, -0.1) is 0 Å². The Labute approximate surface area is 208 Å². The fourth-order valence-corrected chi connectivity index (χ4v) is 3.37. The lowest BCUT2D eigenvalue weighted by molar-refractivity contribution is -0.120. The molecular formula is C23H41Cl3N2O4. The SMILES string of the molecule is CCCCCCCCCCCCC/C=C/[C@@H](O)[C@H](CNC(=O)OCC(Cl)(Cl)Cl)NC(C)=O. The van der Waals surface area contributed by atoms with Crippen molar-refractivity contribution in [3.8, 4) is 0 Å². The molecule has 0 saturated heterocycles. The number of rotatable bonds is 18. The second-order valence-corrected chi connectivity index (χ2v) is 10.6. The van der Waals surface area contributed by atoms with E-state index in [0.717, 1.165) is 12.8 Å². The third kappa shape index (κ3) is 21.2. The number of unbranched alkanes of at least 4 members (excludes halogenated alkanes) is 11. The zero-order valence-electron chi connectivity index (χ0n) is 19.5. The van der Waals surface area contributed by atoms with Gasteiger partial charge in [0.1, 0.15) is 6.61 Å². The van der Waals surface area contributed by atoms with Gasteiger partial charge in [-0.1, -0.05) is 118 Å². The van der Waals surface area contributed by atoms with Gasteiger partial charge in [0.25, 0.3) is 0 Å². The zero-order valence-corrected chi connectivity index (χ0v) is 21.8. The van der Waals surface area contributed by atoms with E-state index in [-0.39, 0.29) is 12.5 Å². The van der Waals surface area contributed by atoms with Crippen LogP contribution in [0, 0.1) is 0 Å². The second-order valence-electron chi connectivity index (χ2n) is 8.12. The third-order valence-electron chi connectivity index (χ3n) is 4.94. The maximum absolute atomic E-state index is 11.7. The minimum atomic E-state index is -1.70. The molecule has 32 heavy (non-hydrogen) atoms. The van der Waals surface area contributed by atoms with Crippen molar-refractivity contribution >= 4 is 46.8 Å². The van der Waals surface area contributed by atoms with Gasteiger partial charge >= 0.3 is 6.09 Å². The fourth-order valence-electron chi connectivity index (χ4n) is 3.21. The van der Waals surface area contributed by atoms with Crippen LogP contribution < -0.4 is 10.6 Å². The van der Waals surface area contributed by atoms with Crippen molar-refractivity contribution < 1.29 is 19.4 Å². The Balaban J connectivity index is 4.01. The highest BCUT2D eigenvalue weighted by Gasteiger charge is 2.23. The van der Waals surface area contributed by atoms with Gasteiger partial charge < -0.3 is 20.5 Å². The van der Waals surface area contributed by atoms with E-state index in [2.05, 4.69) is 17.6 Å². The van der Waals surface area contributed by atoms with Crippen LogP contribution in [0.5, 0.6) is 0 Å². The quantitative estimate of drug-likeness (QED) is 0.115. The average Bonchev–Trinajstić information content (AvgIpc) is 2.72. The van der Waals surface area contributed by atoms with Crippen LogP contribution in [0.3, 0.4) is 0 Å². The first kappa shape index (κ1) is 31.3. The summed E-state index contributed by atoms with van der Waals surface area (Å²) in [7, 11) is 0.